The summed E-state index contributed by atoms with van der Waals surface area (Å²) in [5.74, 6) is 0.640. The summed E-state index contributed by atoms with van der Waals surface area (Å²) in [5.41, 5.74) is 4.38. The first-order valence-electron chi connectivity index (χ1n) is 8.54. The second kappa shape index (κ2) is 6.81. The number of aromatic nitrogens is 2. The van der Waals surface area contributed by atoms with E-state index in [1.807, 2.05) is 91.9 Å². The van der Waals surface area contributed by atoms with E-state index < -0.39 is 0 Å². The van der Waals surface area contributed by atoms with Gasteiger partial charge in [0.05, 0.1) is 11.4 Å². The Balaban J connectivity index is 1.99. The molecule has 0 spiro atoms. The van der Waals surface area contributed by atoms with Crippen LogP contribution in [-0.4, -0.2) is 9.55 Å². The lowest BCUT2D eigenvalue weighted by atomic mass is 10.1. The number of nitrogens with zero attached hydrogens (tertiary/aromatic N) is 2. The maximum Gasteiger partial charge on any atom is 0.258 e. The SMILES string of the molecule is Cc1ccc(-n2c(-c3ccccc3)nc(-c3ccccc3)cc2=O)cc1. The van der Waals surface area contributed by atoms with E-state index in [1.165, 1.54) is 0 Å². The van der Waals surface area contributed by atoms with Crippen LogP contribution in [0.3, 0.4) is 0 Å². The lowest BCUT2D eigenvalue weighted by Crippen LogP contribution is -2.21. The first kappa shape index (κ1) is 16.0. The van der Waals surface area contributed by atoms with Gasteiger partial charge >= 0.3 is 0 Å². The van der Waals surface area contributed by atoms with Crippen molar-refractivity contribution in [1.29, 1.82) is 0 Å². The first-order chi connectivity index (χ1) is 12.7. The lowest BCUT2D eigenvalue weighted by Gasteiger charge is -2.14. The normalized spacial score (nSPS) is 10.7. The van der Waals surface area contributed by atoms with Gasteiger partial charge in [0.1, 0.15) is 5.82 Å². The van der Waals surface area contributed by atoms with Gasteiger partial charge in [0.25, 0.3) is 5.56 Å². The highest BCUT2D eigenvalue weighted by atomic mass is 16.1. The standard InChI is InChI=1S/C23H18N2O/c1-17-12-14-20(15-13-17)25-22(26)16-21(18-8-4-2-5-9-18)24-23(25)19-10-6-3-7-11-19/h2-16H,1H3. The van der Waals surface area contributed by atoms with Crippen LogP contribution in [0, 0.1) is 6.92 Å². The molecular weight excluding hydrogens is 320 g/mol. The molecule has 0 aliphatic carbocycles. The van der Waals surface area contributed by atoms with Crippen molar-refractivity contribution in [2.75, 3.05) is 0 Å². The quantitative estimate of drug-likeness (QED) is 0.534. The Morgan fingerprint density at radius 2 is 1.31 bits per heavy atom. The Morgan fingerprint density at radius 1 is 0.731 bits per heavy atom. The third-order valence-corrected chi connectivity index (χ3v) is 4.31. The molecule has 126 valence electrons. The molecule has 1 heterocycles. The van der Waals surface area contributed by atoms with E-state index in [0.29, 0.717) is 11.5 Å². The van der Waals surface area contributed by atoms with E-state index in [2.05, 4.69) is 0 Å². The summed E-state index contributed by atoms with van der Waals surface area (Å²) in [7, 11) is 0. The Bertz CT molecular complexity index is 1080. The van der Waals surface area contributed by atoms with Gasteiger partial charge in [-0.2, -0.15) is 0 Å². The largest absolute Gasteiger partial charge is 0.269 e. The van der Waals surface area contributed by atoms with Crippen LogP contribution < -0.4 is 5.56 Å². The third-order valence-electron chi connectivity index (χ3n) is 4.31. The lowest BCUT2D eigenvalue weighted by molar-refractivity contribution is 0.951. The van der Waals surface area contributed by atoms with Crippen molar-refractivity contribution in [3.63, 3.8) is 0 Å². The van der Waals surface area contributed by atoms with Crippen LogP contribution in [0.2, 0.25) is 0 Å². The summed E-state index contributed by atoms with van der Waals surface area (Å²) in [6, 6.07) is 29.1. The fourth-order valence-corrected chi connectivity index (χ4v) is 2.96. The molecule has 3 heteroatoms. The molecule has 0 saturated heterocycles. The van der Waals surface area contributed by atoms with Crippen molar-refractivity contribution in [1.82, 2.24) is 9.55 Å². The van der Waals surface area contributed by atoms with Crippen molar-refractivity contribution in [3.05, 3.63) is 107 Å². The second-order valence-corrected chi connectivity index (χ2v) is 6.21. The number of rotatable bonds is 3. The van der Waals surface area contributed by atoms with Crippen LogP contribution in [0.25, 0.3) is 28.3 Å². The van der Waals surface area contributed by atoms with Crippen LogP contribution >= 0.6 is 0 Å². The predicted molar refractivity (Wildman–Crippen MR) is 105 cm³/mol. The molecule has 1 aromatic heterocycles. The molecule has 0 bridgehead atoms. The maximum atomic E-state index is 13.0. The summed E-state index contributed by atoms with van der Waals surface area (Å²) < 4.78 is 1.67. The number of benzene rings is 3. The monoisotopic (exact) mass is 338 g/mol. The number of aryl methyl sites for hydroxylation is 1. The molecule has 26 heavy (non-hydrogen) atoms. The van der Waals surface area contributed by atoms with E-state index in [9.17, 15) is 4.79 Å². The van der Waals surface area contributed by atoms with E-state index in [1.54, 1.807) is 10.6 Å². The predicted octanol–water partition coefficient (Wildman–Crippen LogP) is 4.87. The van der Waals surface area contributed by atoms with Crippen molar-refractivity contribution in [3.8, 4) is 28.3 Å². The molecule has 0 N–H and O–H groups in total. The highest BCUT2D eigenvalue weighted by Crippen LogP contribution is 2.23. The minimum atomic E-state index is -0.0958. The molecule has 0 fully saturated rings. The fraction of sp³-hybridized carbons (Fsp3) is 0.0435. The fourth-order valence-electron chi connectivity index (χ4n) is 2.96. The van der Waals surface area contributed by atoms with E-state index in [4.69, 9.17) is 4.98 Å². The minimum Gasteiger partial charge on any atom is -0.269 e. The molecule has 0 unspecified atom stereocenters. The van der Waals surface area contributed by atoms with Gasteiger partial charge in [-0.25, -0.2) is 4.98 Å². The van der Waals surface area contributed by atoms with Crippen molar-refractivity contribution < 1.29 is 0 Å². The van der Waals surface area contributed by atoms with Gasteiger partial charge in [0.2, 0.25) is 0 Å². The van der Waals surface area contributed by atoms with Crippen LogP contribution in [0.1, 0.15) is 5.56 Å². The van der Waals surface area contributed by atoms with Crippen molar-refractivity contribution >= 4 is 0 Å². The Labute approximate surface area is 152 Å². The molecule has 0 amide bonds. The first-order valence-corrected chi connectivity index (χ1v) is 8.54. The molecule has 0 aliphatic rings. The van der Waals surface area contributed by atoms with Crippen molar-refractivity contribution in [2.45, 2.75) is 6.92 Å². The molecule has 0 aliphatic heterocycles. The van der Waals surface area contributed by atoms with Gasteiger partial charge in [0.15, 0.2) is 0 Å². The molecule has 4 aromatic rings. The average molecular weight is 338 g/mol. The molecular formula is C23H18N2O. The summed E-state index contributed by atoms with van der Waals surface area (Å²) >= 11 is 0. The zero-order chi connectivity index (χ0) is 17.9. The van der Waals surface area contributed by atoms with Crippen LogP contribution in [0.5, 0.6) is 0 Å². The molecule has 3 nitrogen and oxygen atoms in total. The molecule has 4 rings (SSSR count). The highest BCUT2D eigenvalue weighted by molar-refractivity contribution is 5.65. The van der Waals surface area contributed by atoms with Gasteiger partial charge < -0.3 is 0 Å². The summed E-state index contributed by atoms with van der Waals surface area (Å²) in [4.78, 5) is 17.9. The van der Waals surface area contributed by atoms with Crippen LogP contribution in [-0.2, 0) is 0 Å². The zero-order valence-electron chi connectivity index (χ0n) is 14.5. The van der Waals surface area contributed by atoms with E-state index in [0.717, 1.165) is 22.4 Å². The Morgan fingerprint density at radius 3 is 1.92 bits per heavy atom. The van der Waals surface area contributed by atoms with Gasteiger partial charge in [-0.05, 0) is 19.1 Å². The smallest absolute Gasteiger partial charge is 0.258 e. The van der Waals surface area contributed by atoms with Gasteiger partial charge in [-0.15, -0.1) is 0 Å². The van der Waals surface area contributed by atoms with E-state index in [-0.39, 0.29) is 5.56 Å². The molecule has 0 radical (unpaired) electrons. The highest BCUT2D eigenvalue weighted by Gasteiger charge is 2.13. The van der Waals surface area contributed by atoms with E-state index >= 15 is 0 Å². The van der Waals surface area contributed by atoms with Gasteiger partial charge in [-0.3, -0.25) is 9.36 Å². The van der Waals surface area contributed by atoms with Crippen LogP contribution in [0.4, 0.5) is 0 Å². The minimum absolute atomic E-state index is 0.0958. The number of hydrogen-bond acceptors (Lipinski definition) is 2. The van der Waals surface area contributed by atoms with Gasteiger partial charge in [0, 0.05) is 17.2 Å². The third kappa shape index (κ3) is 3.07. The second-order valence-electron chi connectivity index (χ2n) is 6.21. The maximum absolute atomic E-state index is 13.0. The molecule has 3 aromatic carbocycles. The van der Waals surface area contributed by atoms with Crippen molar-refractivity contribution in [2.24, 2.45) is 0 Å². The van der Waals surface area contributed by atoms with Gasteiger partial charge in [-0.1, -0.05) is 78.4 Å². The Hall–Kier alpha value is -3.46. The topological polar surface area (TPSA) is 34.9 Å². The summed E-state index contributed by atoms with van der Waals surface area (Å²) in [6.45, 7) is 2.03. The molecule has 0 atom stereocenters. The average Bonchev–Trinajstić information content (AvgIpc) is 2.70. The van der Waals surface area contributed by atoms with Crippen LogP contribution in [0.15, 0.2) is 95.8 Å². The Kier molecular flexibility index (Phi) is 4.20. The summed E-state index contributed by atoms with van der Waals surface area (Å²) in [5, 5.41) is 0. The zero-order valence-corrected chi connectivity index (χ0v) is 14.5. The number of hydrogen-bond donors (Lipinski definition) is 0. The molecule has 0 saturated carbocycles. The summed E-state index contributed by atoms with van der Waals surface area (Å²) in [6.07, 6.45) is 0.